The van der Waals surface area contributed by atoms with E-state index in [1.165, 1.54) is 0 Å². The van der Waals surface area contributed by atoms with E-state index in [-0.39, 0.29) is 13.0 Å². The van der Waals surface area contributed by atoms with Crippen LogP contribution in [0.5, 0.6) is 0 Å². The highest BCUT2D eigenvalue weighted by Gasteiger charge is 2.54. The number of hydrogen-bond acceptors (Lipinski definition) is 21. The average Bonchev–Trinajstić information content (AvgIpc) is 3.44. The minimum absolute atomic E-state index is 0.105. The summed E-state index contributed by atoms with van der Waals surface area (Å²) < 4.78 is 36.1. The van der Waals surface area contributed by atoms with E-state index >= 15 is 0 Å². The maximum Gasteiger partial charge on any atom is 0.215 e. The minimum Gasteiger partial charge on any atom is -0.467 e. The van der Waals surface area contributed by atoms with Crippen LogP contribution < -0.4 is 38.9 Å². The van der Waals surface area contributed by atoms with Crippen molar-refractivity contribution in [2.75, 3.05) is 52.5 Å². The van der Waals surface area contributed by atoms with E-state index in [4.69, 9.17) is 51.4 Å². The molecule has 0 aromatic heterocycles. The summed E-state index contributed by atoms with van der Waals surface area (Å²) >= 11 is 0. The van der Waals surface area contributed by atoms with Gasteiger partial charge in [0.1, 0.15) is 54.6 Å². The summed E-state index contributed by atoms with van der Waals surface area (Å²) in [4.78, 5) is 0. The standard InChI is InChI=1S/C32H61N7O14/c33-8-19-23(44)24(45)21(36)30(49-19)52-27-20(12-42)50-31(25(27)46)53-28-22(43)18(39-14(10-40)11-41)7-17(35)26(28)51-29-16(34)2-1-15(48-29)9-38-13-32(47)3-5-37-6-4-32/h1,14,16-31,37-47H,2-13,33-36H2/t16-,17+,18-,19+,20-,21-,22+,23-,24-,25-,26-,27-,28-,29-,30-,31+/m1/s1. The summed E-state index contributed by atoms with van der Waals surface area (Å²) in [5, 5.41) is 93.7. The molecule has 16 atom stereocenters. The Morgan fingerprint density at radius 1 is 0.830 bits per heavy atom. The smallest absolute Gasteiger partial charge is 0.215 e. The van der Waals surface area contributed by atoms with Gasteiger partial charge in [-0.1, -0.05) is 0 Å². The minimum atomic E-state index is -1.62. The van der Waals surface area contributed by atoms with Gasteiger partial charge in [-0.2, -0.15) is 0 Å². The Bertz CT molecular complexity index is 1160. The maximum absolute atomic E-state index is 11.7. The Morgan fingerprint density at radius 3 is 2.15 bits per heavy atom. The molecule has 21 nitrogen and oxygen atoms in total. The zero-order chi connectivity index (χ0) is 38.4. The molecule has 1 aliphatic carbocycles. The summed E-state index contributed by atoms with van der Waals surface area (Å²) in [7, 11) is 0. The van der Waals surface area contributed by atoms with Gasteiger partial charge < -0.3 is 108 Å². The van der Waals surface area contributed by atoms with E-state index < -0.39 is 129 Å². The van der Waals surface area contributed by atoms with Crippen LogP contribution in [0.3, 0.4) is 0 Å². The zero-order valence-corrected chi connectivity index (χ0v) is 29.7. The van der Waals surface area contributed by atoms with Crippen molar-refractivity contribution in [3.63, 3.8) is 0 Å². The Kier molecular flexibility index (Phi) is 15.6. The second-order valence-corrected chi connectivity index (χ2v) is 14.7. The lowest BCUT2D eigenvalue weighted by molar-refractivity contribution is -0.282. The number of aliphatic hydroxyl groups is 8. The molecule has 4 aliphatic heterocycles. The molecule has 0 radical (unpaired) electrons. The van der Waals surface area contributed by atoms with E-state index in [9.17, 15) is 40.9 Å². The molecule has 0 unspecified atom stereocenters. The molecule has 1 saturated carbocycles. The Balaban J connectivity index is 1.29. The van der Waals surface area contributed by atoms with Crippen molar-refractivity contribution in [2.45, 2.75) is 135 Å². The molecule has 0 aromatic rings. The van der Waals surface area contributed by atoms with Gasteiger partial charge in [0.2, 0.25) is 6.29 Å². The largest absolute Gasteiger partial charge is 0.467 e. The van der Waals surface area contributed by atoms with Gasteiger partial charge in [-0.3, -0.25) is 0 Å². The fraction of sp³-hybridized carbons (Fsp3) is 0.938. The van der Waals surface area contributed by atoms with Crippen molar-refractivity contribution in [3.8, 4) is 0 Å². The molecule has 5 rings (SSSR count). The third-order valence-corrected chi connectivity index (χ3v) is 10.8. The fourth-order valence-corrected chi connectivity index (χ4v) is 7.46. The van der Waals surface area contributed by atoms with E-state index in [2.05, 4.69) is 16.0 Å². The van der Waals surface area contributed by atoms with E-state index in [0.717, 1.165) is 13.1 Å². The fourth-order valence-electron chi connectivity index (χ4n) is 7.46. The van der Waals surface area contributed by atoms with Crippen LogP contribution >= 0.6 is 0 Å². The molecule has 5 aliphatic rings. The van der Waals surface area contributed by atoms with Crippen molar-refractivity contribution >= 4 is 0 Å². The molecule has 0 aromatic carbocycles. The van der Waals surface area contributed by atoms with Crippen molar-refractivity contribution in [3.05, 3.63) is 11.8 Å². The van der Waals surface area contributed by atoms with Crippen LogP contribution in [-0.4, -0.2) is 203 Å². The number of ether oxygens (including phenoxy) is 6. The van der Waals surface area contributed by atoms with Crippen molar-refractivity contribution < 1.29 is 69.3 Å². The van der Waals surface area contributed by atoms with Crippen LogP contribution in [0.15, 0.2) is 11.8 Å². The van der Waals surface area contributed by atoms with Gasteiger partial charge in [-0.25, -0.2) is 0 Å². The number of aliphatic hydroxyl groups excluding tert-OH is 7. The number of nitrogens with two attached hydrogens (primary N) is 4. The highest BCUT2D eigenvalue weighted by Crippen LogP contribution is 2.34. The van der Waals surface area contributed by atoms with Gasteiger partial charge in [0.05, 0.1) is 56.2 Å². The maximum atomic E-state index is 11.7. The highest BCUT2D eigenvalue weighted by molar-refractivity contribution is 5.06. The molecule has 3 saturated heterocycles. The summed E-state index contributed by atoms with van der Waals surface area (Å²) in [5.74, 6) is 0.530. The lowest BCUT2D eigenvalue weighted by atomic mass is 9.83. The zero-order valence-electron chi connectivity index (χ0n) is 29.7. The summed E-state index contributed by atoms with van der Waals surface area (Å²) in [6, 6.07) is -4.36. The predicted octanol–water partition coefficient (Wildman–Crippen LogP) is -7.98. The van der Waals surface area contributed by atoms with E-state index in [1.807, 2.05) is 6.08 Å². The first-order valence-corrected chi connectivity index (χ1v) is 18.4. The van der Waals surface area contributed by atoms with Gasteiger partial charge in [0, 0.05) is 25.2 Å². The molecule has 19 N–H and O–H groups in total. The SMILES string of the molecule is NC[C@@H]1O[C@H](O[C@H]2[C@@H](O)[C@H](O[C@@H]3[C@@H](O)[C@H](NC(CO)CO)C[C@H](N)[C@H]3O[C@H]3OC(CNCC4(O)CCNCC4)=CC[C@H]3N)O[C@@H]2CO)[C@H](N)[C@@H](O)[C@@H]1O. The number of piperidine rings is 1. The van der Waals surface area contributed by atoms with Gasteiger partial charge >= 0.3 is 0 Å². The molecule has 4 fully saturated rings. The topological polar surface area (TPSA) is 357 Å². The van der Waals surface area contributed by atoms with Crippen LogP contribution in [0.25, 0.3) is 0 Å². The molecule has 0 spiro atoms. The lowest BCUT2D eigenvalue weighted by Crippen LogP contribution is -2.67. The first kappa shape index (κ1) is 42.9. The summed E-state index contributed by atoms with van der Waals surface area (Å²) in [5.41, 5.74) is 24.0. The lowest BCUT2D eigenvalue weighted by Gasteiger charge is -2.46. The second-order valence-electron chi connectivity index (χ2n) is 14.7. The molecule has 4 heterocycles. The third-order valence-electron chi connectivity index (χ3n) is 10.8. The van der Waals surface area contributed by atoms with Gasteiger partial charge in [0.15, 0.2) is 12.6 Å². The highest BCUT2D eigenvalue weighted by atomic mass is 16.8. The molecule has 53 heavy (non-hydrogen) atoms. The number of nitrogens with one attached hydrogen (secondary N) is 3. The Hall–Kier alpha value is -1.26. The molecule has 308 valence electrons. The number of rotatable bonds is 16. The van der Waals surface area contributed by atoms with Crippen LogP contribution in [0.2, 0.25) is 0 Å². The average molecular weight is 768 g/mol. The molecule has 21 heteroatoms. The van der Waals surface area contributed by atoms with Crippen LogP contribution in [0.4, 0.5) is 0 Å². The van der Waals surface area contributed by atoms with Gasteiger partial charge in [-0.05, 0) is 44.8 Å². The molecular formula is C32H61N7O14. The summed E-state index contributed by atoms with van der Waals surface area (Å²) in [6.07, 6.45) is -12.3. The van der Waals surface area contributed by atoms with Crippen molar-refractivity contribution in [2.24, 2.45) is 22.9 Å². The van der Waals surface area contributed by atoms with Crippen molar-refractivity contribution in [1.29, 1.82) is 0 Å². The van der Waals surface area contributed by atoms with E-state index in [0.29, 0.717) is 38.1 Å². The van der Waals surface area contributed by atoms with Gasteiger partial charge in [-0.15, -0.1) is 0 Å². The van der Waals surface area contributed by atoms with Crippen LogP contribution in [0, 0.1) is 0 Å². The Labute approximate surface area is 307 Å². The van der Waals surface area contributed by atoms with Gasteiger partial charge in [0.25, 0.3) is 0 Å². The predicted molar refractivity (Wildman–Crippen MR) is 183 cm³/mol. The monoisotopic (exact) mass is 767 g/mol. The van der Waals surface area contributed by atoms with Crippen LogP contribution in [0.1, 0.15) is 25.7 Å². The third kappa shape index (κ3) is 10.2. The first-order chi connectivity index (χ1) is 25.3. The Morgan fingerprint density at radius 2 is 1.49 bits per heavy atom. The van der Waals surface area contributed by atoms with Crippen molar-refractivity contribution in [1.82, 2.24) is 16.0 Å². The molecule has 0 amide bonds. The molecule has 0 bridgehead atoms. The molecular weight excluding hydrogens is 706 g/mol. The van der Waals surface area contributed by atoms with Crippen LogP contribution in [-0.2, 0) is 28.4 Å². The first-order valence-electron chi connectivity index (χ1n) is 18.4. The normalized spacial score (nSPS) is 43.5. The quantitative estimate of drug-likeness (QED) is 0.0693. The number of hydrogen-bond donors (Lipinski definition) is 15. The second kappa shape index (κ2) is 19.3. The van der Waals surface area contributed by atoms with E-state index in [1.54, 1.807) is 0 Å². The summed E-state index contributed by atoms with van der Waals surface area (Å²) in [6.45, 7) is 0.400.